The van der Waals surface area contributed by atoms with Crippen LogP contribution in [0.25, 0.3) is 6.08 Å². The minimum Gasteiger partial charge on any atom is -0.497 e. The number of esters is 1. The second kappa shape index (κ2) is 10.6. The number of hydrogen-bond donors (Lipinski definition) is 1. The van der Waals surface area contributed by atoms with Gasteiger partial charge in [-0.3, -0.25) is 9.59 Å². The Hall–Kier alpha value is -2.87. The molecule has 1 heterocycles. The maximum Gasteiger partial charge on any atom is 0.328 e. The lowest BCUT2D eigenvalue weighted by atomic mass is 10.2. The molecule has 0 bridgehead atoms. The van der Waals surface area contributed by atoms with E-state index in [1.54, 1.807) is 42.4 Å². The van der Waals surface area contributed by atoms with E-state index in [0.29, 0.717) is 13.1 Å². The smallest absolute Gasteiger partial charge is 0.328 e. The van der Waals surface area contributed by atoms with E-state index < -0.39 is 17.9 Å². The largest absolute Gasteiger partial charge is 0.497 e. The first-order valence-electron chi connectivity index (χ1n) is 9.51. The third kappa shape index (κ3) is 7.23. The molecule has 1 aliphatic heterocycles. The number of amides is 2. The first-order valence-corrected chi connectivity index (χ1v) is 9.51. The van der Waals surface area contributed by atoms with E-state index in [4.69, 9.17) is 14.2 Å². The number of benzene rings is 1. The van der Waals surface area contributed by atoms with Crippen molar-refractivity contribution in [3.8, 4) is 5.75 Å². The molecule has 3 atom stereocenters. The maximum absolute atomic E-state index is 12.2. The second-order valence-electron chi connectivity index (χ2n) is 7.00. The Morgan fingerprint density at radius 2 is 1.83 bits per heavy atom. The molecule has 1 aliphatic rings. The minimum atomic E-state index is -0.877. The van der Waals surface area contributed by atoms with Gasteiger partial charge in [0.15, 0.2) is 6.61 Å². The lowest BCUT2D eigenvalue weighted by Crippen LogP contribution is -2.49. The van der Waals surface area contributed by atoms with Crippen LogP contribution < -0.4 is 10.1 Å². The van der Waals surface area contributed by atoms with Crippen LogP contribution in [0.2, 0.25) is 0 Å². The molecule has 29 heavy (non-hydrogen) atoms. The molecular formula is C21H28N2O6. The van der Waals surface area contributed by atoms with Crippen LogP contribution in [0.15, 0.2) is 30.3 Å². The van der Waals surface area contributed by atoms with Gasteiger partial charge in [-0.15, -0.1) is 0 Å². The zero-order valence-electron chi connectivity index (χ0n) is 17.2. The molecule has 1 saturated heterocycles. The molecule has 2 rings (SSSR count). The SMILES string of the molecule is COc1ccc(/C=C/C(=O)N[C@@H](C)C(=O)OCC(=O)N2C[C@@H](C)O[C@H](C)C2)cc1. The Morgan fingerprint density at radius 3 is 2.41 bits per heavy atom. The molecular weight excluding hydrogens is 376 g/mol. The number of ether oxygens (including phenoxy) is 3. The van der Waals surface area contributed by atoms with Gasteiger partial charge in [0.1, 0.15) is 11.8 Å². The highest BCUT2D eigenvalue weighted by molar-refractivity contribution is 5.94. The van der Waals surface area contributed by atoms with Gasteiger partial charge >= 0.3 is 5.97 Å². The fourth-order valence-electron chi connectivity index (χ4n) is 2.94. The molecule has 1 aromatic carbocycles. The Bertz CT molecular complexity index is 736. The highest BCUT2D eigenvalue weighted by Gasteiger charge is 2.27. The van der Waals surface area contributed by atoms with E-state index in [2.05, 4.69) is 5.32 Å². The predicted molar refractivity (Wildman–Crippen MR) is 107 cm³/mol. The van der Waals surface area contributed by atoms with Crippen molar-refractivity contribution < 1.29 is 28.6 Å². The highest BCUT2D eigenvalue weighted by Crippen LogP contribution is 2.12. The zero-order chi connectivity index (χ0) is 21.4. The van der Waals surface area contributed by atoms with E-state index in [1.807, 2.05) is 13.8 Å². The molecule has 0 aliphatic carbocycles. The number of nitrogens with zero attached hydrogens (tertiary/aromatic N) is 1. The van der Waals surface area contributed by atoms with Crippen LogP contribution in [-0.2, 0) is 23.9 Å². The highest BCUT2D eigenvalue weighted by atomic mass is 16.5. The monoisotopic (exact) mass is 404 g/mol. The zero-order valence-corrected chi connectivity index (χ0v) is 17.2. The Balaban J connectivity index is 1.76. The van der Waals surface area contributed by atoms with E-state index >= 15 is 0 Å². The molecule has 8 heteroatoms. The van der Waals surface area contributed by atoms with Gasteiger partial charge in [0.2, 0.25) is 5.91 Å². The first-order chi connectivity index (χ1) is 13.8. The van der Waals surface area contributed by atoms with E-state index in [0.717, 1.165) is 11.3 Å². The summed E-state index contributed by atoms with van der Waals surface area (Å²) in [4.78, 5) is 37.9. The fourth-order valence-corrected chi connectivity index (χ4v) is 2.94. The van der Waals surface area contributed by atoms with Crippen LogP contribution in [0.1, 0.15) is 26.3 Å². The number of nitrogens with one attached hydrogen (secondary N) is 1. The van der Waals surface area contributed by atoms with Crippen LogP contribution in [-0.4, -0.2) is 67.7 Å². The molecule has 0 radical (unpaired) electrons. The number of hydrogen-bond acceptors (Lipinski definition) is 6. The number of carbonyl (C=O) groups is 3. The van der Waals surface area contributed by atoms with Gasteiger partial charge in [0.25, 0.3) is 5.91 Å². The molecule has 1 N–H and O–H groups in total. The molecule has 0 saturated carbocycles. The molecule has 8 nitrogen and oxygen atoms in total. The molecule has 158 valence electrons. The van der Waals surface area contributed by atoms with Crippen molar-refractivity contribution in [1.82, 2.24) is 10.2 Å². The quantitative estimate of drug-likeness (QED) is 0.545. The third-order valence-electron chi connectivity index (χ3n) is 4.37. The standard InChI is InChI=1S/C21H28N2O6/c1-14-11-23(12-15(2)29-14)20(25)13-28-21(26)16(3)22-19(24)10-7-17-5-8-18(27-4)9-6-17/h5-10,14-16H,11-13H2,1-4H3,(H,22,24)/b10-7+/t14-,15-,16+/m1/s1. The maximum atomic E-state index is 12.2. The van der Waals surface area contributed by atoms with Gasteiger partial charge < -0.3 is 24.4 Å². The summed E-state index contributed by atoms with van der Waals surface area (Å²) < 4.78 is 15.7. The Morgan fingerprint density at radius 1 is 1.21 bits per heavy atom. The van der Waals surface area contributed by atoms with Gasteiger partial charge in [0, 0.05) is 19.2 Å². The van der Waals surface area contributed by atoms with Crippen molar-refractivity contribution in [3.05, 3.63) is 35.9 Å². The topological polar surface area (TPSA) is 94.2 Å². The third-order valence-corrected chi connectivity index (χ3v) is 4.37. The second-order valence-corrected chi connectivity index (χ2v) is 7.00. The lowest BCUT2D eigenvalue weighted by molar-refractivity contribution is -0.158. The minimum absolute atomic E-state index is 0.0610. The molecule has 0 aromatic heterocycles. The van der Waals surface area contributed by atoms with Gasteiger partial charge in [-0.1, -0.05) is 12.1 Å². The normalized spacial score (nSPS) is 20.2. The fraction of sp³-hybridized carbons (Fsp3) is 0.476. The number of morpholine rings is 1. The number of rotatable bonds is 7. The molecule has 0 spiro atoms. The predicted octanol–water partition coefficient (Wildman–Crippen LogP) is 1.39. The molecule has 1 fully saturated rings. The number of methoxy groups -OCH3 is 1. The summed E-state index contributed by atoms with van der Waals surface area (Å²) >= 11 is 0. The number of carbonyl (C=O) groups excluding carboxylic acids is 3. The van der Waals surface area contributed by atoms with Crippen molar-refractivity contribution in [2.45, 2.75) is 39.0 Å². The summed E-state index contributed by atoms with van der Waals surface area (Å²) in [7, 11) is 1.58. The summed E-state index contributed by atoms with van der Waals surface area (Å²) in [5, 5.41) is 2.52. The molecule has 1 aromatic rings. The van der Waals surface area contributed by atoms with Crippen LogP contribution in [0, 0.1) is 0 Å². The summed E-state index contributed by atoms with van der Waals surface area (Å²) in [6.07, 6.45) is 2.83. The van der Waals surface area contributed by atoms with Gasteiger partial charge in [-0.25, -0.2) is 4.79 Å². The average Bonchev–Trinajstić information content (AvgIpc) is 2.69. The van der Waals surface area contributed by atoms with E-state index in [-0.39, 0.29) is 24.7 Å². The van der Waals surface area contributed by atoms with E-state index in [1.165, 1.54) is 13.0 Å². The van der Waals surface area contributed by atoms with Crippen molar-refractivity contribution in [2.75, 3.05) is 26.8 Å². The molecule has 2 amide bonds. The van der Waals surface area contributed by atoms with Crippen LogP contribution in [0.4, 0.5) is 0 Å². The Kier molecular flexibility index (Phi) is 8.21. The van der Waals surface area contributed by atoms with Crippen LogP contribution in [0.3, 0.4) is 0 Å². The van der Waals surface area contributed by atoms with Crippen molar-refractivity contribution >= 4 is 23.9 Å². The van der Waals surface area contributed by atoms with Gasteiger partial charge in [0.05, 0.1) is 19.3 Å². The first kappa shape index (κ1) is 22.4. The summed E-state index contributed by atoms with van der Waals surface area (Å²) in [5.41, 5.74) is 0.816. The Labute approximate surface area is 170 Å². The van der Waals surface area contributed by atoms with E-state index in [9.17, 15) is 14.4 Å². The van der Waals surface area contributed by atoms with Crippen molar-refractivity contribution in [3.63, 3.8) is 0 Å². The average molecular weight is 404 g/mol. The summed E-state index contributed by atoms with van der Waals surface area (Å²) in [6, 6.07) is 6.30. The molecule has 0 unspecified atom stereocenters. The van der Waals surface area contributed by atoms with Crippen LogP contribution in [0.5, 0.6) is 5.75 Å². The van der Waals surface area contributed by atoms with Crippen molar-refractivity contribution in [1.29, 1.82) is 0 Å². The van der Waals surface area contributed by atoms with Gasteiger partial charge in [-0.05, 0) is 44.5 Å². The summed E-state index contributed by atoms with van der Waals surface area (Å²) in [5.74, 6) is -0.664. The lowest BCUT2D eigenvalue weighted by Gasteiger charge is -2.35. The van der Waals surface area contributed by atoms with Crippen molar-refractivity contribution in [2.24, 2.45) is 0 Å². The van der Waals surface area contributed by atoms with Crippen LogP contribution >= 0.6 is 0 Å². The van der Waals surface area contributed by atoms with Gasteiger partial charge in [-0.2, -0.15) is 0 Å². The summed E-state index contributed by atoms with van der Waals surface area (Å²) in [6.45, 7) is 5.84.